The van der Waals surface area contributed by atoms with E-state index in [-0.39, 0.29) is 17.2 Å². The van der Waals surface area contributed by atoms with Gasteiger partial charge in [-0.2, -0.15) is 0 Å². The van der Waals surface area contributed by atoms with Gasteiger partial charge in [-0.25, -0.2) is 0 Å². The summed E-state index contributed by atoms with van der Waals surface area (Å²) in [6.45, 7) is 7.06. The number of pyridine rings is 1. The van der Waals surface area contributed by atoms with E-state index in [9.17, 15) is 4.79 Å². The van der Waals surface area contributed by atoms with Crippen molar-refractivity contribution in [3.63, 3.8) is 0 Å². The van der Waals surface area contributed by atoms with Crippen LogP contribution in [0.4, 0.5) is 0 Å². The zero-order chi connectivity index (χ0) is 16.4. The smallest absolute Gasteiger partial charge is 0.223 e. The lowest BCUT2D eigenvalue weighted by molar-refractivity contribution is -0.122. The summed E-state index contributed by atoms with van der Waals surface area (Å²) >= 11 is 0. The molecule has 0 radical (unpaired) electrons. The van der Waals surface area contributed by atoms with Gasteiger partial charge in [0.05, 0.1) is 0 Å². The van der Waals surface area contributed by atoms with Crippen LogP contribution in [0.5, 0.6) is 0 Å². The van der Waals surface area contributed by atoms with Gasteiger partial charge in [0.15, 0.2) is 0 Å². The van der Waals surface area contributed by atoms with Crippen molar-refractivity contribution in [1.29, 1.82) is 0 Å². The first-order valence-corrected chi connectivity index (χ1v) is 8.23. The van der Waals surface area contributed by atoms with E-state index >= 15 is 0 Å². The maximum Gasteiger partial charge on any atom is 0.223 e. The van der Waals surface area contributed by atoms with E-state index in [1.807, 2.05) is 18.2 Å². The average molecular weight is 308 g/mol. The maximum absolute atomic E-state index is 12.5. The Bertz CT molecular complexity index is 694. The van der Waals surface area contributed by atoms with Crippen LogP contribution in [0.2, 0.25) is 0 Å². The molecule has 1 aliphatic carbocycles. The summed E-state index contributed by atoms with van der Waals surface area (Å²) in [7, 11) is 0. The summed E-state index contributed by atoms with van der Waals surface area (Å²) < 4.78 is 0. The first-order valence-electron chi connectivity index (χ1n) is 8.23. The number of carbonyl (C=O) groups excluding carboxylic acids is 1. The lowest BCUT2D eigenvalue weighted by Gasteiger charge is -2.25. The molecule has 0 spiro atoms. The second-order valence-electron chi connectivity index (χ2n) is 7.14. The monoisotopic (exact) mass is 308 g/mol. The Morgan fingerprint density at radius 1 is 1.22 bits per heavy atom. The highest BCUT2D eigenvalue weighted by molar-refractivity contribution is 5.83. The van der Waals surface area contributed by atoms with Crippen molar-refractivity contribution in [3.8, 4) is 0 Å². The number of nitrogens with zero attached hydrogens (tertiary/aromatic N) is 1. The van der Waals surface area contributed by atoms with E-state index < -0.39 is 0 Å². The molecule has 1 amide bonds. The number of nitrogens with one attached hydrogen (secondary N) is 1. The highest BCUT2D eigenvalue weighted by atomic mass is 16.2. The Morgan fingerprint density at radius 2 is 1.91 bits per heavy atom. The van der Waals surface area contributed by atoms with Crippen LogP contribution in [0.25, 0.3) is 0 Å². The third kappa shape index (κ3) is 3.44. The Kier molecular flexibility index (Phi) is 4.20. The molecular weight excluding hydrogens is 284 g/mol. The van der Waals surface area contributed by atoms with Crippen molar-refractivity contribution in [2.75, 3.05) is 6.54 Å². The zero-order valence-electron chi connectivity index (χ0n) is 14.0. The van der Waals surface area contributed by atoms with E-state index in [1.54, 1.807) is 12.4 Å². The number of amides is 1. The largest absolute Gasteiger partial charge is 0.355 e. The molecule has 120 valence electrons. The number of benzene rings is 1. The first-order chi connectivity index (χ1) is 11.0. The van der Waals surface area contributed by atoms with Gasteiger partial charge in [-0.3, -0.25) is 9.78 Å². The van der Waals surface area contributed by atoms with Gasteiger partial charge in [-0.15, -0.1) is 0 Å². The van der Waals surface area contributed by atoms with Crippen molar-refractivity contribution < 1.29 is 4.79 Å². The molecule has 1 aromatic carbocycles. The first kappa shape index (κ1) is 15.7. The number of hydrogen-bond donors (Lipinski definition) is 1. The van der Waals surface area contributed by atoms with E-state index in [0.717, 1.165) is 6.42 Å². The van der Waals surface area contributed by atoms with Crippen LogP contribution in [0.3, 0.4) is 0 Å². The molecule has 1 N–H and O–H groups in total. The van der Waals surface area contributed by atoms with Crippen molar-refractivity contribution in [3.05, 3.63) is 65.5 Å². The topological polar surface area (TPSA) is 42.0 Å². The summed E-state index contributed by atoms with van der Waals surface area (Å²) in [6, 6.07) is 12.4. The molecular formula is C20H24N2O. The zero-order valence-corrected chi connectivity index (χ0v) is 14.0. The fourth-order valence-electron chi connectivity index (χ4n) is 3.18. The minimum Gasteiger partial charge on any atom is -0.355 e. The second kappa shape index (κ2) is 6.15. The molecule has 0 bridgehead atoms. The molecule has 0 saturated heterocycles. The van der Waals surface area contributed by atoms with Gasteiger partial charge in [0.2, 0.25) is 5.91 Å². The third-order valence-electron chi connectivity index (χ3n) is 4.88. The summed E-state index contributed by atoms with van der Waals surface area (Å²) in [6.07, 6.45) is 4.56. The summed E-state index contributed by atoms with van der Waals surface area (Å²) in [5.41, 5.74) is 3.70. The highest BCUT2D eigenvalue weighted by Crippen LogP contribution is 2.48. The molecule has 1 aromatic heterocycles. The van der Waals surface area contributed by atoms with E-state index in [1.165, 1.54) is 16.7 Å². The predicted molar refractivity (Wildman–Crippen MR) is 92.3 cm³/mol. The van der Waals surface area contributed by atoms with Crippen LogP contribution in [0.1, 0.15) is 42.9 Å². The number of carbonyl (C=O) groups is 1. The van der Waals surface area contributed by atoms with Gasteiger partial charge < -0.3 is 5.32 Å². The summed E-state index contributed by atoms with van der Waals surface area (Å²) in [4.78, 5) is 16.5. The SMILES string of the molecule is Cc1ccccc1[C@@H]1C[C@H]1C(=O)NCC(C)(C)c1ccncc1. The summed E-state index contributed by atoms with van der Waals surface area (Å²) in [5.74, 6) is 0.699. The fraction of sp³-hybridized carbons (Fsp3) is 0.400. The standard InChI is InChI=1S/C20H24N2O/c1-14-6-4-5-7-16(14)17-12-18(17)19(23)22-13-20(2,3)15-8-10-21-11-9-15/h4-11,17-18H,12-13H2,1-3H3,(H,22,23)/t17-,18+/m0/s1. The lowest BCUT2D eigenvalue weighted by atomic mass is 9.85. The Labute approximate surface area is 138 Å². The van der Waals surface area contributed by atoms with Gasteiger partial charge in [0, 0.05) is 30.3 Å². The van der Waals surface area contributed by atoms with Crippen molar-refractivity contribution >= 4 is 5.91 Å². The normalized spacial score (nSPS) is 20.1. The summed E-state index contributed by atoms with van der Waals surface area (Å²) in [5, 5.41) is 3.14. The van der Waals surface area contributed by atoms with Crippen LogP contribution in [0, 0.1) is 12.8 Å². The minimum atomic E-state index is -0.0916. The number of hydrogen-bond acceptors (Lipinski definition) is 2. The molecule has 23 heavy (non-hydrogen) atoms. The van der Waals surface area contributed by atoms with Crippen molar-refractivity contribution in [2.45, 2.75) is 38.5 Å². The molecule has 1 heterocycles. The molecule has 3 rings (SSSR count). The Morgan fingerprint density at radius 3 is 2.61 bits per heavy atom. The Balaban J connectivity index is 1.58. The minimum absolute atomic E-state index is 0.0916. The van der Waals surface area contributed by atoms with E-state index in [2.05, 4.69) is 49.3 Å². The van der Waals surface area contributed by atoms with Crippen molar-refractivity contribution in [1.82, 2.24) is 10.3 Å². The third-order valence-corrected chi connectivity index (χ3v) is 4.88. The van der Waals surface area contributed by atoms with Crippen LogP contribution >= 0.6 is 0 Å². The highest BCUT2D eigenvalue weighted by Gasteiger charge is 2.44. The van der Waals surface area contributed by atoms with Crippen LogP contribution in [-0.2, 0) is 10.2 Å². The molecule has 3 heteroatoms. The molecule has 1 fully saturated rings. The number of aryl methyl sites for hydroxylation is 1. The van der Waals surface area contributed by atoms with Crippen LogP contribution < -0.4 is 5.32 Å². The van der Waals surface area contributed by atoms with Crippen LogP contribution in [0.15, 0.2) is 48.8 Å². The maximum atomic E-state index is 12.5. The molecule has 2 atom stereocenters. The quantitative estimate of drug-likeness (QED) is 0.917. The van der Waals surface area contributed by atoms with E-state index in [0.29, 0.717) is 12.5 Å². The van der Waals surface area contributed by atoms with Crippen molar-refractivity contribution in [2.24, 2.45) is 5.92 Å². The predicted octanol–water partition coefficient (Wildman–Crippen LogP) is 3.59. The fourth-order valence-corrected chi connectivity index (χ4v) is 3.18. The molecule has 0 aliphatic heterocycles. The van der Waals surface area contributed by atoms with Gasteiger partial charge in [-0.1, -0.05) is 38.1 Å². The second-order valence-corrected chi connectivity index (χ2v) is 7.14. The number of rotatable bonds is 5. The van der Waals surface area contributed by atoms with Gasteiger partial charge in [0.25, 0.3) is 0 Å². The Hall–Kier alpha value is -2.16. The van der Waals surface area contributed by atoms with Gasteiger partial charge >= 0.3 is 0 Å². The molecule has 1 saturated carbocycles. The van der Waals surface area contributed by atoms with Crippen LogP contribution in [-0.4, -0.2) is 17.4 Å². The number of aromatic nitrogens is 1. The lowest BCUT2D eigenvalue weighted by Crippen LogP contribution is -2.37. The molecule has 2 aromatic rings. The molecule has 3 nitrogen and oxygen atoms in total. The molecule has 1 aliphatic rings. The molecule has 0 unspecified atom stereocenters. The average Bonchev–Trinajstić information content (AvgIpc) is 3.34. The van der Waals surface area contributed by atoms with Gasteiger partial charge in [-0.05, 0) is 48.1 Å². The van der Waals surface area contributed by atoms with E-state index in [4.69, 9.17) is 0 Å². The van der Waals surface area contributed by atoms with Gasteiger partial charge in [0.1, 0.15) is 0 Å².